The molecule has 0 atom stereocenters. The Morgan fingerprint density at radius 2 is 1.02 bits per heavy atom. The lowest BCUT2D eigenvalue weighted by Gasteiger charge is -2.30. The lowest BCUT2D eigenvalue weighted by atomic mass is 9.75. The van der Waals surface area contributed by atoms with Crippen LogP contribution in [0.2, 0.25) is 0 Å². The van der Waals surface area contributed by atoms with Gasteiger partial charge in [0.05, 0.1) is 5.69 Å². The molecule has 0 heterocycles. The number of fused-ring (bicyclic) bond motifs is 1. The van der Waals surface area contributed by atoms with Gasteiger partial charge in [0.25, 0.3) is 0 Å². The van der Waals surface area contributed by atoms with Gasteiger partial charge in [-0.15, -0.1) is 0 Å². The maximum Gasteiger partial charge on any atom is 0.489 e. The van der Waals surface area contributed by atoms with Crippen LogP contribution in [0.3, 0.4) is 0 Å². The molecule has 3 nitrogen and oxygen atoms in total. The number of hydrogen-bond donors (Lipinski definition) is 2. The van der Waals surface area contributed by atoms with Crippen LogP contribution in [0, 0.1) is 0 Å². The third kappa shape index (κ3) is 5.29. The van der Waals surface area contributed by atoms with Gasteiger partial charge in [-0.1, -0.05) is 140 Å². The topological polar surface area (TPSA) is 43.7 Å². The molecule has 2 N–H and O–H groups in total. The minimum Gasteiger partial charge on any atom is -0.423 e. The molecule has 0 saturated carbocycles. The Morgan fingerprint density at radius 3 is 1.73 bits per heavy atom. The van der Waals surface area contributed by atoms with E-state index in [0.29, 0.717) is 5.46 Å². The minimum absolute atomic E-state index is 0.444. The highest BCUT2D eigenvalue weighted by Crippen LogP contribution is 2.45. The van der Waals surface area contributed by atoms with Gasteiger partial charge in [0.1, 0.15) is 0 Å². The molecule has 7 aromatic carbocycles. The van der Waals surface area contributed by atoms with Gasteiger partial charge in [-0.25, -0.2) is 0 Å². The summed E-state index contributed by atoms with van der Waals surface area (Å²) in [6, 6.07) is 57.9. The first-order chi connectivity index (χ1) is 21.7. The maximum absolute atomic E-state index is 10.6. The molecule has 0 aliphatic heterocycles. The van der Waals surface area contributed by atoms with Crippen molar-refractivity contribution in [2.24, 2.45) is 0 Å². The van der Waals surface area contributed by atoms with E-state index < -0.39 is 7.12 Å². The summed E-state index contributed by atoms with van der Waals surface area (Å²) in [6.07, 6.45) is 0. The molecule has 0 fully saturated rings. The molecule has 0 unspecified atom stereocenters. The first-order valence-corrected chi connectivity index (χ1v) is 14.8. The highest BCUT2D eigenvalue weighted by molar-refractivity contribution is 6.60. The summed E-state index contributed by atoms with van der Waals surface area (Å²) in [5, 5.41) is 23.5. The lowest BCUT2D eigenvalue weighted by Crippen LogP contribution is -2.32. The second-order valence-corrected chi connectivity index (χ2v) is 10.8. The smallest absolute Gasteiger partial charge is 0.423 e. The molecule has 7 aromatic rings. The lowest BCUT2D eigenvalue weighted by molar-refractivity contribution is 0.426. The predicted molar refractivity (Wildman–Crippen MR) is 185 cm³/mol. The monoisotopic (exact) mass is 567 g/mol. The number of benzene rings is 7. The van der Waals surface area contributed by atoms with Crippen molar-refractivity contribution in [2.75, 3.05) is 4.90 Å². The molecule has 0 spiro atoms. The Morgan fingerprint density at radius 1 is 0.432 bits per heavy atom. The third-order valence-corrected chi connectivity index (χ3v) is 8.08. The fourth-order valence-corrected chi connectivity index (χ4v) is 6.02. The Hall–Kier alpha value is -5.42. The SMILES string of the molecule is OB(O)c1cc(N(c2cccc(-c3ccccc3)c2)c2ccc3ccccc3c2-c2ccccc2)ccc1-c1ccccc1. The van der Waals surface area contributed by atoms with Crippen LogP contribution in [-0.4, -0.2) is 17.2 Å². The van der Waals surface area contributed by atoms with Crippen LogP contribution < -0.4 is 10.4 Å². The highest BCUT2D eigenvalue weighted by Gasteiger charge is 2.24. The molecule has 0 saturated heterocycles. The predicted octanol–water partition coefficient (Wildman–Crippen LogP) is 8.99. The highest BCUT2D eigenvalue weighted by atomic mass is 16.4. The van der Waals surface area contributed by atoms with Crippen LogP contribution in [0.5, 0.6) is 0 Å². The number of hydrogen-bond acceptors (Lipinski definition) is 3. The zero-order valence-corrected chi connectivity index (χ0v) is 24.1. The summed E-state index contributed by atoms with van der Waals surface area (Å²) in [7, 11) is -1.65. The Kier molecular flexibility index (Phi) is 7.52. The van der Waals surface area contributed by atoms with E-state index in [4.69, 9.17) is 0 Å². The molecule has 0 aliphatic carbocycles. The van der Waals surface area contributed by atoms with Crippen molar-refractivity contribution in [3.63, 3.8) is 0 Å². The van der Waals surface area contributed by atoms with E-state index in [2.05, 4.69) is 108 Å². The molecular formula is C40H30BNO2. The molecule has 44 heavy (non-hydrogen) atoms. The van der Waals surface area contributed by atoms with E-state index >= 15 is 0 Å². The van der Waals surface area contributed by atoms with Crippen LogP contribution >= 0.6 is 0 Å². The summed E-state index contributed by atoms with van der Waals surface area (Å²) in [5.41, 5.74) is 9.36. The van der Waals surface area contributed by atoms with Crippen molar-refractivity contribution in [1.82, 2.24) is 0 Å². The van der Waals surface area contributed by atoms with Crippen LogP contribution in [-0.2, 0) is 0 Å². The van der Waals surface area contributed by atoms with Crippen LogP contribution in [0.4, 0.5) is 17.1 Å². The summed E-state index contributed by atoms with van der Waals surface area (Å²) >= 11 is 0. The van der Waals surface area contributed by atoms with E-state index in [1.54, 1.807) is 0 Å². The fourth-order valence-electron chi connectivity index (χ4n) is 6.02. The van der Waals surface area contributed by atoms with Gasteiger partial charge in [-0.05, 0) is 74.4 Å². The van der Waals surface area contributed by atoms with Gasteiger partial charge in [0, 0.05) is 16.9 Å². The fraction of sp³-hybridized carbons (Fsp3) is 0. The van der Waals surface area contributed by atoms with E-state index in [1.807, 2.05) is 66.7 Å². The van der Waals surface area contributed by atoms with Crippen molar-refractivity contribution in [1.29, 1.82) is 0 Å². The molecule has 0 bridgehead atoms. The van der Waals surface area contributed by atoms with Gasteiger partial charge in [0.15, 0.2) is 0 Å². The molecule has 0 aromatic heterocycles. The molecule has 4 heteroatoms. The first-order valence-electron chi connectivity index (χ1n) is 14.8. The maximum atomic E-state index is 10.6. The Bertz CT molecular complexity index is 2040. The molecule has 0 amide bonds. The Balaban J connectivity index is 1.51. The molecular weight excluding hydrogens is 537 g/mol. The summed E-state index contributed by atoms with van der Waals surface area (Å²) in [4.78, 5) is 2.22. The van der Waals surface area contributed by atoms with Gasteiger partial charge < -0.3 is 14.9 Å². The summed E-state index contributed by atoms with van der Waals surface area (Å²) < 4.78 is 0. The van der Waals surface area contributed by atoms with E-state index in [0.717, 1.165) is 61.2 Å². The van der Waals surface area contributed by atoms with E-state index in [9.17, 15) is 10.0 Å². The van der Waals surface area contributed by atoms with Crippen LogP contribution in [0.15, 0.2) is 170 Å². The average Bonchev–Trinajstić information content (AvgIpc) is 3.09. The summed E-state index contributed by atoms with van der Waals surface area (Å²) in [5.74, 6) is 0. The van der Waals surface area contributed by atoms with E-state index in [-0.39, 0.29) is 0 Å². The zero-order valence-electron chi connectivity index (χ0n) is 24.1. The first kappa shape index (κ1) is 27.4. The van der Waals surface area contributed by atoms with Crippen molar-refractivity contribution < 1.29 is 10.0 Å². The summed E-state index contributed by atoms with van der Waals surface area (Å²) in [6.45, 7) is 0. The normalized spacial score (nSPS) is 11.0. The van der Waals surface area contributed by atoms with Gasteiger partial charge >= 0.3 is 7.12 Å². The van der Waals surface area contributed by atoms with Crippen molar-refractivity contribution in [3.05, 3.63) is 170 Å². The number of rotatable bonds is 7. The molecule has 0 aliphatic rings. The van der Waals surface area contributed by atoms with Gasteiger partial charge in [0.2, 0.25) is 0 Å². The second-order valence-electron chi connectivity index (χ2n) is 10.8. The quantitative estimate of drug-likeness (QED) is 0.189. The van der Waals surface area contributed by atoms with Crippen molar-refractivity contribution in [2.45, 2.75) is 0 Å². The van der Waals surface area contributed by atoms with Crippen molar-refractivity contribution >= 4 is 40.4 Å². The van der Waals surface area contributed by atoms with Gasteiger partial charge in [-0.3, -0.25) is 0 Å². The number of anilines is 3. The largest absolute Gasteiger partial charge is 0.489 e. The molecule has 0 radical (unpaired) electrons. The number of nitrogens with zero attached hydrogens (tertiary/aromatic N) is 1. The van der Waals surface area contributed by atoms with Crippen LogP contribution in [0.1, 0.15) is 0 Å². The zero-order chi connectivity index (χ0) is 29.9. The second kappa shape index (κ2) is 12.1. The minimum atomic E-state index is -1.65. The van der Waals surface area contributed by atoms with Crippen molar-refractivity contribution in [3.8, 4) is 33.4 Å². The van der Waals surface area contributed by atoms with E-state index in [1.165, 1.54) is 0 Å². The molecule has 7 rings (SSSR count). The molecule has 210 valence electrons. The average molecular weight is 567 g/mol. The van der Waals surface area contributed by atoms with Gasteiger partial charge in [-0.2, -0.15) is 0 Å². The standard InChI is InChI=1S/C40H30BNO2/c43-41(44)38-28-35(24-25-36(38)30-15-6-2-7-16-30)42(34-21-12-20-33(27-34)29-13-4-1-5-14-29)39-26-23-31-17-10-11-22-37(31)40(39)32-18-8-3-9-19-32/h1-28,43-44H. The third-order valence-electron chi connectivity index (χ3n) is 8.08. The Labute approximate surface area is 258 Å². The van der Waals surface area contributed by atoms with Crippen LogP contribution in [0.25, 0.3) is 44.2 Å².